The highest BCUT2D eigenvalue weighted by Crippen LogP contribution is 2.27. The lowest BCUT2D eigenvalue weighted by atomic mass is 10.0. The molecule has 0 atom stereocenters. The maximum absolute atomic E-state index is 5.53. The molecule has 0 N–H and O–H groups in total. The molecule has 0 bridgehead atoms. The number of thioether (sulfide) groups is 1. The second kappa shape index (κ2) is 9.89. The normalized spacial score (nSPS) is 14.4. The molecule has 1 aliphatic rings. The van der Waals surface area contributed by atoms with Gasteiger partial charge < -0.3 is 4.52 Å². The van der Waals surface area contributed by atoms with Crippen molar-refractivity contribution in [1.29, 1.82) is 0 Å². The van der Waals surface area contributed by atoms with Crippen LogP contribution in [0, 0.1) is 0 Å². The number of para-hydroxylation sites is 1. The van der Waals surface area contributed by atoms with Crippen LogP contribution in [-0.4, -0.2) is 42.9 Å². The van der Waals surface area contributed by atoms with Crippen molar-refractivity contribution in [3.05, 3.63) is 71.9 Å². The van der Waals surface area contributed by atoms with Crippen molar-refractivity contribution in [3.8, 4) is 17.1 Å². The minimum absolute atomic E-state index is 0.494. The minimum atomic E-state index is 0.494. The molecule has 1 fully saturated rings. The van der Waals surface area contributed by atoms with Crippen molar-refractivity contribution < 1.29 is 4.52 Å². The molecule has 2 aromatic carbocycles. The number of hydrogen-bond donors (Lipinski definition) is 0. The Morgan fingerprint density at radius 2 is 1.73 bits per heavy atom. The van der Waals surface area contributed by atoms with E-state index in [0.29, 0.717) is 23.4 Å². The highest BCUT2D eigenvalue weighted by Gasteiger charge is 2.20. The van der Waals surface area contributed by atoms with Gasteiger partial charge in [-0.25, -0.2) is 0 Å². The van der Waals surface area contributed by atoms with E-state index >= 15 is 0 Å². The van der Waals surface area contributed by atoms with Crippen molar-refractivity contribution in [2.24, 2.45) is 0 Å². The van der Waals surface area contributed by atoms with Gasteiger partial charge in [-0.05, 0) is 49.5 Å². The molecule has 4 aromatic rings. The fourth-order valence-electron chi connectivity index (χ4n) is 4.05. The maximum atomic E-state index is 5.53. The van der Waals surface area contributed by atoms with E-state index in [1.165, 1.54) is 18.4 Å². The SMILES string of the molecule is CC(C)c1ccc(-c2noc(CSc3nnc(CN4CCCC4)n3-c3ccccc3)n2)cc1. The van der Waals surface area contributed by atoms with Crippen LogP contribution < -0.4 is 0 Å². The number of aromatic nitrogens is 5. The Bertz CT molecular complexity index is 1180. The lowest BCUT2D eigenvalue weighted by Crippen LogP contribution is -2.21. The molecule has 0 unspecified atom stereocenters. The monoisotopic (exact) mass is 460 g/mol. The molecule has 0 spiro atoms. The summed E-state index contributed by atoms with van der Waals surface area (Å²) in [6.07, 6.45) is 2.50. The van der Waals surface area contributed by atoms with E-state index in [9.17, 15) is 0 Å². The van der Waals surface area contributed by atoms with Crippen LogP contribution in [0.25, 0.3) is 17.1 Å². The first-order valence-corrected chi connectivity index (χ1v) is 12.4. The predicted octanol–water partition coefficient (Wildman–Crippen LogP) is 5.33. The fourth-order valence-corrected chi connectivity index (χ4v) is 4.86. The molecule has 0 amide bonds. The summed E-state index contributed by atoms with van der Waals surface area (Å²) in [7, 11) is 0. The molecular weight excluding hydrogens is 432 g/mol. The fraction of sp³-hybridized carbons (Fsp3) is 0.360. The van der Waals surface area contributed by atoms with Crippen LogP contribution in [0.3, 0.4) is 0 Å². The minimum Gasteiger partial charge on any atom is -0.338 e. The Balaban J connectivity index is 1.33. The number of rotatable bonds is 8. The average Bonchev–Trinajstić information content (AvgIpc) is 3.60. The summed E-state index contributed by atoms with van der Waals surface area (Å²) in [5.41, 5.74) is 3.32. The first-order valence-electron chi connectivity index (χ1n) is 11.4. The topological polar surface area (TPSA) is 72.9 Å². The van der Waals surface area contributed by atoms with E-state index < -0.39 is 0 Å². The van der Waals surface area contributed by atoms with E-state index in [1.54, 1.807) is 11.8 Å². The van der Waals surface area contributed by atoms with Gasteiger partial charge in [0.25, 0.3) is 0 Å². The van der Waals surface area contributed by atoms with Crippen LogP contribution in [0.1, 0.15) is 49.9 Å². The molecule has 1 saturated heterocycles. The van der Waals surface area contributed by atoms with Crippen molar-refractivity contribution in [2.75, 3.05) is 13.1 Å². The summed E-state index contributed by atoms with van der Waals surface area (Å²) in [6, 6.07) is 18.6. The van der Waals surface area contributed by atoms with Crippen molar-refractivity contribution in [2.45, 2.75) is 50.1 Å². The van der Waals surface area contributed by atoms with Crippen molar-refractivity contribution >= 4 is 11.8 Å². The molecule has 5 rings (SSSR count). The zero-order valence-corrected chi connectivity index (χ0v) is 19.8. The van der Waals surface area contributed by atoms with Crippen molar-refractivity contribution in [1.82, 2.24) is 29.8 Å². The van der Waals surface area contributed by atoms with Crippen LogP contribution in [0.15, 0.2) is 64.3 Å². The van der Waals surface area contributed by atoms with Crippen LogP contribution in [0.5, 0.6) is 0 Å². The van der Waals surface area contributed by atoms with E-state index in [2.05, 4.69) is 67.9 Å². The standard InChI is InChI=1S/C25H28N6OS/c1-18(2)19-10-12-20(13-11-19)24-26-23(32-29-24)17-33-25-28-27-22(16-30-14-6-7-15-30)31(25)21-8-4-3-5-9-21/h3-5,8-13,18H,6-7,14-17H2,1-2H3. The third kappa shape index (κ3) is 5.02. The Morgan fingerprint density at radius 1 is 0.970 bits per heavy atom. The van der Waals surface area contributed by atoms with Gasteiger partial charge in [-0.2, -0.15) is 4.98 Å². The van der Waals surface area contributed by atoms with Gasteiger partial charge in [-0.1, -0.05) is 73.2 Å². The summed E-state index contributed by atoms with van der Waals surface area (Å²) < 4.78 is 7.67. The Labute approximate surface area is 198 Å². The quantitative estimate of drug-likeness (QED) is 0.329. The van der Waals surface area contributed by atoms with E-state index in [0.717, 1.165) is 41.9 Å². The number of hydrogen-bond acceptors (Lipinski definition) is 7. The highest BCUT2D eigenvalue weighted by atomic mass is 32.2. The zero-order chi connectivity index (χ0) is 22.6. The number of benzene rings is 2. The van der Waals surface area contributed by atoms with Gasteiger partial charge >= 0.3 is 0 Å². The molecule has 8 heteroatoms. The molecule has 0 saturated carbocycles. The van der Waals surface area contributed by atoms with Gasteiger partial charge in [0.2, 0.25) is 11.7 Å². The summed E-state index contributed by atoms with van der Waals surface area (Å²) in [4.78, 5) is 7.04. The van der Waals surface area contributed by atoms with Gasteiger partial charge in [0, 0.05) is 11.3 Å². The van der Waals surface area contributed by atoms with E-state index in [-0.39, 0.29) is 0 Å². The number of likely N-dealkylation sites (tertiary alicyclic amines) is 1. The van der Waals surface area contributed by atoms with Gasteiger partial charge in [-0.3, -0.25) is 9.47 Å². The predicted molar refractivity (Wildman–Crippen MR) is 129 cm³/mol. The average molecular weight is 461 g/mol. The van der Waals surface area contributed by atoms with Crippen LogP contribution in [-0.2, 0) is 12.3 Å². The third-order valence-electron chi connectivity index (χ3n) is 5.91. The smallest absolute Gasteiger partial charge is 0.237 e. The summed E-state index contributed by atoms with van der Waals surface area (Å²) in [5, 5.41) is 14.0. The molecule has 0 aliphatic carbocycles. The van der Waals surface area contributed by atoms with Crippen molar-refractivity contribution in [3.63, 3.8) is 0 Å². The molecule has 0 radical (unpaired) electrons. The van der Waals surface area contributed by atoms with Gasteiger partial charge in [-0.15, -0.1) is 10.2 Å². The number of nitrogens with zero attached hydrogens (tertiary/aromatic N) is 6. The van der Waals surface area contributed by atoms with E-state index in [4.69, 9.17) is 4.52 Å². The Hall–Kier alpha value is -2.97. The summed E-state index contributed by atoms with van der Waals surface area (Å²) in [5.74, 6) is 3.17. The maximum Gasteiger partial charge on any atom is 0.237 e. The van der Waals surface area contributed by atoms with Gasteiger partial charge in [0.15, 0.2) is 11.0 Å². The molecule has 2 aromatic heterocycles. The molecule has 3 heterocycles. The van der Waals surface area contributed by atoms with Crippen LogP contribution in [0.4, 0.5) is 0 Å². The lowest BCUT2D eigenvalue weighted by molar-refractivity contribution is 0.319. The lowest BCUT2D eigenvalue weighted by Gasteiger charge is -2.15. The van der Waals surface area contributed by atoms with Crippen LogP contribution >= 0.6 is 11.8 Å². The second-order valence-corrected chi connectivity index (χ2v) is 9.57. The summed E-state index contributed by atoms with van der Waals surface area (Å²) in [6.45, 7) is 7.41. The first kappa shape index (κ1) is 21.9. The second-order valence-electron chi connectivity index (χ2n) is 8.63. The van der Waals surface area contributed by atoms with E-state index in [1.807, 2.05) is 30.3 Å². The Morgan fingerprint density at radius 3 is 2.45 bits per heavy atom. The third-order valence-corrected chi connectivity index (χ3v) is 6.82. The largest absolute Gasteiger partial charge is 0.338 e. The van der Waals surface area contributed by atoms with Gasteiger partial charge in [0.1, 0.15) is 0 Å². The molecular formula is C25H28N6OS. The molecule has 33 heavy (non-hydrogen) atoms. The molecule has 7 nitrogen and oxygen atoms in total. The zero-order valence-electron chi connectivity index (χ0n) is 19.0. The molecule has 1 aliphatic heterocycles. The van der Waals surface area contributed by atoms with Gasteiger partial charge in [0.05, 0.1) is 12.3 Å². The first-order chi connectivity index (χ1) is 16.2. The highest BCUT2D eigenvalue weighted by molar-refractivity contribution is 7.98. The molecule has 170 valence electrons. The Kier molecular flexibility index (Phi) is 6.55. The van der Waals surface area contributed by atoms with Crippen LogP contribution in [0.2, 0.25) is 0 Å². The summed E-state index contributed by atoms with van der Waals surface area (Å²) >= 11 is 1.56.